The van der Waals surface area contributed by atoms with Gasteiger partial charge in [0.05, 0.1) is 0 Å². The van der Waals surface area contributed by atoms with Gasteiger partial charge in [-0.25, -0.2) is 9.97 Å². The predicted molar refractivity (Wildman–Crippen MR) is 94.9 cm³/mol. The molecule has 1 amide bonds. The number of piperazine rings is 1. The number of benzene rings is 1. The van der Waals surface area contributed by atoms with E-state index in [0.29, 0.717) is 22.4 Å². The van der Waals surface area contributed by atoms with E-state index in [4.69, 9.17) is 11.6 Å². The van der Waals surface area contributed by atoms with Gasteiger partial charge in [0.1, 0.15) is 17.3 Å². The smallest absolute Gasteiger partial charge is 0.272 e. The minimum atomic E-state index is -0.0484. The van der Waals surface area contributed by atoms with Crippen molar-refractivity contribution in [3.8, 4) is 0 Å². The Morgan fingerprint density at radius 2 is 1.79 bits per heavy atom. The monoisotopic (exact) mass is 345 g/mol. The molecule has 0 unspecified atom stereocenters. The Kier molecular flexibility index (Phi) is 4.97. The number of aryl methyl sites for hydroxylation is 1. The molecule has 0 aliphatic carbocycles. The van der Waals surface area contributed by atoms with E-state index in [2.05, 4.69) is 27.2 Å². The number of anilines is 2. The Hall–Kier alpha value is -2.18. The minimum Gasteiger partial charge on any atom is -0.340 e. The lowest BCUT2D eigenvalue weighted by atomic mass is 10.2. The molecule has 7 heteroatoms. The zero-order valence-corrected chi connectivity index (χ0v) is 14.5. The van der Waals surface area contributed by atoms with Gasteiger partial charge in [-0.15, -0.1) is 0 Å². The van der Waals surface area contributed by atoms with Crippen LogP contribution in [0.25, 0.3) is 0 Å². The van der Waals surface area contributed by atoms with E-state index in [1.165, 1.54) is 0 Å². The zero-order chi connectivity index (χ0) is 17.1. The van der Waals surface area contributed by atoms with Gasteiger partial charge in [0, 0.05) is 43.0 Å². The van der Waals surface area contributed by atoms with Crippen molar-refractivity contribution >= 4 is 29.0 Å². The van der Waals surface area contributed by atoms with Crippen molar-refractivity contribution in [2.24, 2.45) is 0 Å². The Labute approximate surface area is 146 Å². The highest BCUT2D eigenvalue weighted by molar-refractivity contribution is 6.30. The van der Waals surface area contributed by atoms with Crippen LogP contribution in [0, 0.1) is 6.92 Å². The van der Waals surface area contributed by atoms with Gasteiger partial charge in [-0.2, -0.15) is 0 Å². The van der Waals surface area contributed by atoms with Crippen LogP contribution in [-0.4, -0.2) is 58.9 Å². The molecule has 1 N–H and O–H groups in total. The van der Waals surface area contributed by atoms with Crippen LogP contribution in [0.4, 0.5) is 11.5 Å². The van der Waals surface area contributed by atoms with Crippen LogP contribution >= 0.6 is 11.6 Å². The van der Waals surface area contributed by atoms with Crippen LogP contribution < -0.4 is 5.32 Å². The minimum absolute atomic E-state index is 0.0484. The van der Waals surface area contributed by atoms with Crippen molar-refractivity contribution in [2.75, 3.05) is 38.5 Å². The molecule has 6 nitrogen and oxygen atoms in total. The lowest BCUT2D eigenvalue weighted by molar-refractivity contribution is 0.0658. The molecule has 3 rings (SSSR count). The summed E-state index contributed by atoms with van der Waals surface area (Å²) in [7, 11) is 2.06. The summed E-state index contributed by atoms with van der Waals surface area (Å²) >= 11 is 5.90. The average molecular weight is 346 g/mol. The van der Waals surface area contributed by atoms with Crippen LogP contribution in [0.2, 0.25) is 5.02 Å². The quantitative estimate of drug-likeness (QED) is 0.926. The molecule has 0 bridgehead atoms. The molecule has 0 atom stereocenters. The molecule has 0 saturated carbocycles. The third-order valence-electron chi connectivity index (χ3n) is 3.96. The lowest BCUT2D eigenvalue weighted by Gasteiger charge is -2.32. The van der Waals surface area contributed by atoms with Crippen molar-refractivity contribution in [3.05, 3.63) is 46.9 Å². The number of carbonyl (C=O) groups is 1. The van der Waals surface area contributed by atoms with E-state index < -0.39 is 0 Å². The van der Waals surface area contributed by atoms with E-state index in [1.807, 2.05) is 17.0 Å². The van der Waals surface area contributed by atoms with Gasteiger partial charge in [0.15, 0.2) is 0 Å². The molecule has 2 aromatic rings. The van der Waals surface area contributed by atoms with Crippen LogP contribution in [0.3, 0.4) is 0 Å². The molecule has 2 heterocycles. The van der Waals surface area contributed by atoms with E-state index in [0.717, 1.165) is 31.9 Å². The molecule has 1 aromatic carbocycles. The molecular formula is C17H20ClN5O. The summed E-state index contributed by atoms with van der Waals surface area (Å²) in [4.78, 5) is 25.4. The number of amides is 1. The number of halogens is 1. The Bertz CT molecular complexity index is 726. The SMILES string of the molecule is Cc1nc(Nc2ccc(Cl)cc2)cc(C(=O)N2CCN(C)CC2)n1. The summed E-state index contributed by atoms with van der Waals surface area (Å²) in [6.45, 7) is 4.99. The number of nitrogens with one attached hydrogen (secondary N) is 1. The normalized spacial score (nSPS) is 15.4. The highest BCUT2D eigenvalue weighted by Gasteiger charge is 2.22. The molecule has 1 aliphatic rings. The van der Waals surface area contributed by atoms with Gasteiger partial charge in [-0.3, -0.25) is 4.79 Å². The van der Waals surface area contributed by atoms with Gasteiger partial charge >= 0.3 is 0 Å². The summed E-state index contributed by atoms with van der Waals surface area (Å²) in [6, 6.07) is 9.02. The van der Waals surface area contributed by atoms with E-state index in [9.17, 15) is 4.79 Å². The Morgan fingerprint density at radius 3 is 2.46 bits per heavy atom. The summed E-state index contributed by atoms with van der Waals surface area (Å²) in [5.41, 5.74) is 1.28. The van der Waals surface area contributed by atoms with Crippen molar-refractivity contribution in [1.82, 2.24) is 19.8 Å². The van der Waals surface area contributed by atoms with Gasteiger partial charge in [-0.05, 0) is 38.2 Å². The molecule has 1 fully saturated rings. The predicted octanol–water partition coefficient (Wildman–Crippen LogP) is 2.57. The lowest BCUT2D eigenvalue weighted by Crippen LogP contribution is -2.47. The standard InChI is InChI=1S/C17H20ClN5O/c1-12-19-15(17(24)23-9-7-22(2)8-10-23)11-16(20-12)21-14-5-3-13(18)4-6-14/h3-6,11H,7-10H2,1-2H3,(H,19,20,21). The number of likely N-dealkylation sites (N-methyl/N-ethyl adjacent to an activating group) is 1. The largest absolute Gasteiger partial charge is 0.340 e. The fourth-order valence-corrected chi connectivity index (χ4v) is 2.72. The Morgan fingerprint density at radius 1 is 1.12 bits per heavy atom. The topological polar surface area (TPSA) is 61.4 Å². The number of hydrogen-bond donors (Lipinski definition) is 1. The van der Waals surface area contributed by atoms with Crippen molar-refractivity contribution in [2.45, 2.75) is 6.92 Å². The highest BCUT2D eigenvalue weighted by atomic mass is 35.5. The highest BCUT2D eigenvalue weighted by Crippen LogP contribution is 2.19. The van der Waals surface area contributed by atoms with Crippen LogP contribution in [0.5, 0.6) is 0 Å². The van der Waals surface area contributed by atoms with Crippen molar-refractivity contribution in [1.29, 1.82) is 0 Å². The van der Waals surface area contributed by atoms with E-state index in [-0.39, 0.29) is 5.91 Å². The summed E-state index contributed by atoms with van der Waals surface area (Å²) in [6.07, 6.45) is 0. The maximum atomic E-state index is 12.7. The number of rotatable bonds is 3. The number of nitrogens with zero attached hydrogens (tertiary/aromatic N) is 4. The molecule has 1 saturated heterocycles. The number of aromatic nitrogens is 2. The summed E-state index contributed by atoms with van der Waals surface area (Å²) in [5.74, 6) is 1.11. The molecule has 0 spiro atoms. The number of carbonyl (C=O) groups excluding carboxylic acids is 1. The molecule has 1 aromatic heterocycles. The maximum Gasteiger partial charge on any atom is 0.272 e. The first-order valence-corrected chi connectivity index (χ1v) is 8.25. The first-order chi connectivity index (χ1) is 11.5. The summed E-state index contributed by atoms with van der Waals surface area (Å²) in [5, 5.41) is 3.86. The second-order valence-corrected chi connectivity index (χ2v) is 6.35. The van der Waals surface area contributed by atoms with Gasteiger partial charge in [0.2, 0.25) is 0 Å². The summed E-state index contributed by atoms with van der Waals surface area (Å²) < 4.78 is 0. The van der Waals surface area contributed by atoms with E-state index >= 15 is 0 Å². The third kappa shape index (κ3) is 4.01. The maximum absolute atomic E-state index is 12.7. The first kappa shape index (κ1) is 16.7. The fraction of sp³-hybridized carbons (Fsp3) is 0.353. The fourth-order valence-electron chi connectivity index (χ4n) is 2.59. The van der Waals surface area contributed by atoms with Crippen molar-refractivity contribution in [3.63, 3.8) is 0 Å². The average Bonchev–Trinajstić information content (AvgIpc) is 2.56. The second-order valence-electron chi connectivity index (χ2n) is 5.91. The van der Waals surface area contributed by atoms with Crippen LogP contribution in [-0.2, 0) is 0 Å². The molecule has 0 radical (unpaired) electrons. The third-order valence-corrected chi connectivity index (χ3v) is 4.22. The van der Waals surface area contributed by atoms with Gasteiger partial charge in [-0.1, -0.05) is 11.6 Å². The molecule has 1 aliphatic heterocycles. The van der Waals surface area contributed by atoms with Gasteiger partial charge in [0.25, 0.3) is 5.91 Å². The molecule has 24 heavy (non-hydrogen) atoms. The number of hydrogen-bond acceptors (Lipinski definition) is 5. The van der Waals surface area contributed by atoms with Crippen LogP contribution in [0.15, 0.2) is 30.3 Å². The first-order valence-electron chi connectivity index (χ1n) is 7.87. The van der Waals surface area contributed by atoms with Gasteiger partial charge < -0.3 is 15.1 Å². The Balaban J connectivity index is 1.78. The van der Waals surface area contributed by atoms with Crippen LogP contribution in [0.1, 0.15) is 16.3 Å². The molecular weight excluding hydrogens is 326 g/mol. The van der Waals surface area contributed by atoms with Crippen molar-refractivity contribution < 1.29 is 4.79 Å². The second kappa shape index (κ2) is 7.15. The zero-order valence-electron chi connectivity index (χ0n) is 13.8. The van der Waals surface area contributed by atoms with E-state index in [1.54, 1.807) is 25.1 Å². The molecule has 126 valence electrons.